The highest BCUT2D eigenvalue weighted by Crippen LogP contribution is 2.20. The van der Waals surface area contributed by atoms with E-state index in [4.69, 9.17) is 0 Å². The van der Waals surface area contributed by atoms with Crippen molar-refractivity contribution in [3.63, 3.8) is 0 Å². The summed E-state index contributed by atoms with van der Waals surface area (Å²) in [5.74, 6) is 0.931. The van der Waals surface area contributed by atoms with Gasteiger partial charge in [0.25, 0.3) is 0 Å². The molecule has 5 nitrogen and oxygen atoms in total. The molecule has 3 rings (SSSR count). The SMILES string of the molecule is CC1CCCN(C(=O)CCNc2ccc(N3CCN(C)CC3)cc2)C1. The number of piperazine rings is 1. The third-order valence-electron chi connectivity index (χ3n) is 5.41. The lowest BCUT2D eigenvalue weighted by Crippen LogP contribution is -2.44. The van der Waals surface area contributed by atoms with Crippen LogP contribution < -0.4 is 10.2 Å². The van der Waals surface area contributed by atoms with E-state index in [2.05, 4.69) is 53.4 Å². The van der Waals surface area contributed by atoms with Crippen molar-refractivity contribution >= 4 is 17.3 Å². The van der Waals surface area contributed by atoms with Gasteiger partial charge >= 0.3 is 0 Å². The van der Waals surface area contributed by atoms with E-state index in [1.54, 1.807) is 0 Å². The van der Waals surface area contributed by atoms with Gasteiger partial charge in [0.05, 0.1) is 0 Å². The van der Waals surface area contributed by atoms with Crippen LogP contribution in [0.1, 0.15) is 26.2 Å². The van der Waals surface area contributed by atoms with Crippen molar-refractivity contribution in [3.8, 4) is 0 Å². The molecule has 2 fully saturated rings. The fraction of sp³-hybridized carbons (Fsp3) is 0.650. The van der Waals surface area contributed by atoms with Crippen molar-refractivity contribution in [2.75, 3.05) is 63.1 Å². The topological polar surface area (TPSA) is 38.8 Å². The molecule has 1 N–H and O–H groups in total. The first-order valence-electron chi connectivity index (χ1n) is 9.67. The van der Waals surface area contributed by atoms with Gasteiger partial charge in [0.2, 0.25) is 5.91 Å². The first-order chi connectivity index (χ1) is 12.1. The quantitative estimate of drug-likeness (QED) is 0.891. The largest absolute Gasteiger partial charge is 0.385 e. The summed E-state index contributed by atoms with van der Waals surface area (Å²) in [6.07, 6.45) is 2.97. The Morgan fingerprint density at radius 2 is 1.84 bits per heavy atom. The molecule has 25 heavy (non-hydrogen) atoms. The van der Waals surface area contributed by atoms with Gasteiger partial charge in [-0.3, -0.25) is 4.79 Å². The van der Waals surface area contributed by atoms with E-state index >= 15 is 0 Å². The number of rotatable bonds is 5. The number of hydrogen-bond acceptors (Lipinski definition) is 4. The van der Waals surface area contributed by atoms with Crippen LogP contribution in [0.4, 0.5) is 11.4 Å². The van der Waals surface area contributed by atoms with E-state index < -0.39 is 0 Å². The number of likely N-dealkylation sites (tertiary alicyclic amines) is 1. The first-order valence-corrected chi connectivity index (χ1v) is 9.67. The van der Waals surface area contributed by atoms with Gasteiger partial charge in [-0.2, -0.15) is 0 Å². The molecule has 1 aromatic rings. The summed E-state index contributed by atoms with van der Waals surface area (Å²) in [5, 5.41) is 3.39. The molecule has 0 radical (unpaired) electrons. The molecular weight excluding hydrogens is 312 g/mol. The minimum Gasteiger partial charge on any atom is -0.385 e. The molecule has 0 aromatic heterocycles. The Hall–Kier alpha value is -1.75. The summed E-state index contributed by atoms with van der Waals surface area (Å²) in [5.41, 5.74) is 2.38. The van der Waals surface area contributed by atoms with E-state index in [9.17, 15) is 4.79 Å². The van der Waals surface area contributed by atoms with Crippen LogP contribution in [0.5, 0.6) is 0 Å². The number of nitrogens with one attached hydrogen (secondary N) is 1. The van der Waals surface area contributed by atoms with Gasteiger partial charge in [0.1, 0.15) is 0 Å². The molecule has 5 heteroatoms. The van der Waals surface area contributed by atoms with Crippen LogP contribution in [0.2, 0.25) is 0 Å². The molecule has 2 aliphatic heterocycles. The van der Waals surface area contributed by atoms with Crippen molar-refractivity contribution in [3.05, 3.63) is 24.3 Å². The molecule has 0 saturated carbocycles. The summed E-state index contributed by atoms with van der Waals surface area (Å²) in [6, 6.07) is 8.62. The average molecular weight is 345 g/mol. The summed E-state index contributed by atoms with van der Waals surface area (Å²) in [4.78, 5) is 19.1. The van der Waals surface area contributed by atoms with Crippen molar-refractivity contribution in [1.82, 2.24) is 9.80 Å². The maximum absolute atomic E-state index is 12.3. The van der Waals surface area contributed by atoms with E-state index in [0.717, 1.165) is 51.4 Å². The second kappa shape index (κ2) is 8.56. The maximum Gasteiger partial charge on any atom is 0.224 e. The highest BCUT2D eigenvalue weighted by Gasteiger charge is 2.20. The summed E-state index contributed by atoms with van der Waals surface area (Å²) < 4.78 is 0. The number of piperidine rings is 1. The zero-order valence-electron chi connectivity index (χ0n) is 15.7. The van der Waals surface area contributed by atoms with Crippen molar-refractivity contribution < 1.29 is 4.79 Å². The second-order valence-corrected chi connectivity index (χ2v) is 7.60. The van der Waals surface area contributed by atoms with Gasteiger partial charge in [-0.05, 0) is 50.1 Å². The van der Waals surface area contributed by atoms with E-state index in [-0.39, 0.29) is 5.91 Å². The molecule has 0 bridgehead atoms. The van der Waals surface area contributed by atoms with Crippen LogP contribution in [-0.2, 0) is 4.79 Å². The number of carbonyl (C=O) groups excluding carboxylic acids is 1. The van der Waals surface area contributed by atoms with Gasteiger partial charge in [0, 0.05) is 63.6 Å². The fourth-order valence-corrected chi connectivity index (χ4v) is 3.74. The minimum absolute atomic E-state index is 0.285. The lowest BCUT2D eigenvalue weighted by atomic mass is 10.00. The maximum atomic E-state index is 12.3. The van der Waals surface area contributed by atoms with E-state index in [1.807, 2.05) is 4.90 Å². The Labute approximate surface area is 152 Å². The van der Waals surface area contributed by atoms with Crippen LogP contribution >= 0.6 is 0 Å². The van der Waals surface area contributed by atoms with Crippen LogP contribution in [0.15, 0.2) is 24.3 Å². The minimum atomic E-state index is 0.285. The van der Waals surface area contributed by atoms with Gasteiger partial charge in [-0.25, -0.2) is 0 Å². The summed E-state index contributed by atoms with van der Waals surface area (Å²) in [7, 11) is 2.18. The highest BCUT2D eigenvalue weighted by atomic mass is 16.2. The lowest BCUT2D eigenvalue weighted by molar-refractivity contribution is -0.132. The molecule has 1 amide bonds. The average Bonchev–Trinajstić information content (AvgIpc) is 2.63. The fourth-order valence-electron chi connectivity index (χ4n) is 3.74. The normalized spacial score (nSPS) is 22.1. The zero-order valence-corrected chi connectivity index (χ0v) is 15.7. The number of hydrogen-bond donors (Lipinski definition) is 1. The number of nitrogens with zero attached hydrogens (tertiary/aromatic N) is 3. The van der Waals surface area contributed by atoms with Crippen molar-refractivity contribution in [2.24, 2.45) is 5.92 Å². The Bertz CT molecular complexity index is 551. The molecule has 0 spiro atoms. The van der Waals surface area contributed by atoms with Gasteiger partial charge in [-0.1, -0.05) is 6.92 Å². The van der Waals surface area contributed by atoms with Gasteiger partial charge in [-0.15, -0.1) is 0 Å². The van der Waals surface area contributed by atoms with Crippen LogP contribution in [0, 0.1) is 5.92 Å². The number of carbonyl (C=O) groups is 1. The predicted molar refractivity (Wildman–Crippen MR) is 104 cm³/mol. The third kappa shape index (κ3) is 5.11. The second-order valence-electron chi connectivity index (χ2n) is 7.60. The predicted octanol–water partition coefficient (Wildman–Crippen LogP) is 2.50. The number of anilines is 2. The highest BCUT2D eigenvalue weighted by molar-refractivity contribution is 5.76. The Morgan fingerprint density at radius 3 is 2.52 bits per heavy atom. The van der Waals surface area contributed by atoms with Crippen molar-refractivity contribution in [2.45, 2.75) is 26.2 Å². The number of likely N-dealkylation sites (N-methyl/N-ethyl adjacent to an activating group) is 1. The van der Waals surface area contributed by atoms with Crippen LogP contribution in [0.3, 0.4) is 0 Å². The molecule has 2 heterocycles. The summed E-state index contributed by atoms with van der Waals surface area (Å²) >= 11 is 0. The lowest BCUT2D eigenvalue weighted by Gasteiger charge is -2.34. The molecular formula is C20H32N4O. The molecule has 1 atom stereocenters. The molecule has 0 aliphatic carbocycles. The van der Waals surface area contributed by atoms with Gasteiger partial charge in [0.15, 0.2) is 0 Å². The molecule has 2 aliphatic rings. The zero-order chi connectivity index (χ0) is 17.6. The first kappa shape index (κ1) is 18.1. The van der Waals surface area contributed by atoms with Crippen molar-refractivity contribution in [1.29, 1.82) is 0 Å². The third-order valence-corrected chi connectivity index (χ3v) is 5.41. The molecule has 2 saturated heterocycles. The van der Waals surface area contributed by atoms with E-state index in [1.165, 1.54) is 12.1 Å². The Morgan fingerprint density at radius 1 is 1.12 bits per heavy atom. The molecule has 1 unspecified atom stereocenters. The Kier molecular flexibility index (Phi) is 6.19. The smallest absolute Gasteiger partial charge is 0.224 e. The Balaban J connectivity index is 1.42. The number of amides is 1. The van der Waals surface area contributed by atoms with Crippen LogP contribution in [-0.4, -0.2) is 68.6 Å². The van der Waals surface area contributed by atoms with Crippen LogP contribution in [0.25, 0.3) is 0 Å². The summed E-state index contributed by atoms with van der Waals surface area (Å²) in [6.45, 7) is 9.23. The standard InChI is InChI=1S/C20H32N4O/c1-17-4-3-11-24(16-17)20(25)9-10-21-18-5-7-19(8-6-18)23-14-12-22(2)13-15-23/h5-8,17,21H,3-4,9-16H2,1-2H3. The van der Waals surface area contributed by atoms with Gasteiger partial charge < -0.3 is 20.0 Å². The van der Waals surface area contributed by atoms with E-state index in [0.29, 0.717) is 18.9 Å². The molecule has 138 valence electrons. The monoisotopic (exact) mass is 344 g/mol. The number of benzene rings is 1. The molecule has 1 aromatic carbocycles.